The number of ether oxygens (including phenoxy) is 1. The predicted molar refractivity (Wildman–Crippen MR) is 84.2 cm³/mol. The largest absolute Gasteiger partial charge is 0.496 e. The molecule has 108 valence electrons. The molecule has 1 aliphatic rings. The number of methoxy groups -OCH3 is 1. The average molecular weight is 280 g/mol. The third kappa shape index (κ3) is 2.72. The molecule has 1 unspecified atom stereocenters. The zero-order chi connectivity index (χ0) is 14.7. The van der Waals surface area contributed by atoms with Crippen LogP contribution >= 0.6 is 0 Å². The molecular formula is C18H20N2O. The van der Waals surface area contributed by atoms with E-state index in [2.05, 4.69) is 17.5 Å². The van der Waals surface area contributed by atoms with E-state index in [1.807, 2.05) is 30.3 Å². The Morgan fingerprint density at radius 2 is 1.86 bits per heavy atom. The van der Waals surface area contributed by atoms with Crippen molar-refractivity contribution < 1.29 is 4.74 Å². The summed E-state index contributed by atoms with van der Waals surface area (Å²) in [7, 11) is 1.68. The minimum absolute atomic E-state index is 0.260. The number of hydrogen-bond acceptors (Lipinski definition) is 3. The predicted octanol–water partition coefficient (Wildman–Crippen LogP) is 3.95. The van der Waals surface area contributed by atoms with Gasteiger partial charge in [-0.05, 0) is 29.9 Å². The summed E-state index contributed by atoms with van der Waals surface area (Å²) in [5.74, 6) is 0.854. The highest BCUT2D eigenvalue weighted by molar-refractivity contribution is 5.91. The van der Waals surface area contributed by atoms with Crippen molar-refractivity contribution in [3.05, 3.63) is 42.0 Å². The van der Waals surface area contributed by atoms with E-state index < -0.39 is 0 Å². The number of nitriles is 1. The molecule has 1 atom stereocenters. The lowest BCUT2D eigenvalue weighted by Gasteiger charge is -2.19. The van der Waals surface area contributed by atoms with Crippen LogP contribution in [0.3, 0.4) is 0 Å². The van der Waals surface area contributed by atoms with E-state index >= 15 is 0 Å². The lowest BCUT2D eigenvalue weighted by molar-refractivity contribution is 0.419. The van der Waals surface area contributed by atoms with E-state index in [4.69, 9.17) is 4.74 Å². The summed E-state index contributed by atoms with van der Waals surface area (Å²) < 4.78 is 5.43. The second-order valence-electron chi connectivity index (χ2n) is 5.61. The third-order valence-corrected chi connectivity index (χ3v) is 4.34. The molecule has 0 heterocycles. The van der Waals surface area contributed by atoms with Crippen molar-refractivity contribution >= 4 is 10.8 Å². The number of hydrogen-bond donors (Lipinski definition) is 1. The molecule has 0 saturated heterocycles. The molecule has 0 radical (unpaired) electrons. The second kappa shape index (κ2) is 6.15. The standard InChI is InChI=1S/C18H20N2O/c1-21-18-11-10-15(14-8-4-5-9-16(14)18)17(12-19)20-13-6-2-3-7-13/h4-5,8-11,13,17,20H,2-3,6-7H2,1H3. The number of nitrogens with zero attached hydrogens (tertiary/aromatic N) is 1. The summed E-state index contributed by atoms with van der Waals surface area (Å²) in [5, 5.41) is 15.2. The van der Waals surface area contributed by atoms with Crippen molar-refractivity contribution in [1.82, 2.24) is 5.32 Å². The highest BCUT2D eigenvalue weighted by Gasteiger charge is 2.21. The average Bonchev–Trinajstić information content (AvgIpc) is 3.05. The molecule has 2 aromatic carbocycles. The van der Waals surface area contributed by atoms with Gasteiger partial charge in [-0.25, -0.2) is 0 Å². The molecule has 21 heavy (non-hydrogen) atoms. The van der Waals surface area contributed by atoms with Gasteiger partial charge in [-0.1, -0.05) is 43.2 Å². The lowest BCUT2D eigenvalue weighted by Crippen LogP contribution is -2.29. The molecular weight excluding hydrogens is 260 g/mol. The van der Waals surface area contributed by atoms with Gasteiger partial charge in [-0.3, -0.25) is 5.32 Å². The Hall–Kier alpha value is -2.05. The summed E-state index contributed by atoms with van der Waals surface area (Å²) in [6.07, 6.45) is 4.87. The van der Waals surface area contributed by atoms with Crippen LogP contribution in [0.15, 0.2) is 36.4 Å². The van der Waals surface area contributed by atoms with Gasteiger partial charge < -0.3 is 4.74 Å². The first-order valence-corrected chi connectivity index (χ1v) is 7.55. The van der Waals surface area contributed by atoms with E-state index in [1.54, 1.807) is 7.11 Å². The van der Waals surface area contributed by atoms with Crippen LogP contribution in [0.5, 0.6) is 5.75 Å². The van der Waals surface area contributed by atoms with Gasteiger partial charge in [0.2, 0.25) is 0 Å². The highest BCUT2D eigenvalue weighted by atomic mass is 16.5. The van der Waals surface area contributed by atoms with Crippen LogP contribution in [0.2, 0.25) is 0 Å². The Balaban J connectivity index is 2.00. The summed E-state index contributed by atoms with van der Waals surface area (Å²) >= 11 is 0. The molecule has 1 fully saturated rings. The Morgan fingerprint density at radius 3 is 2.52 bits per heavy atom. The Morgan fingerprint density at radius 1 is 1.14 bits per heavy atom. The first-order chi connectivity index (χ1) is 10.3. The van der Waals surface area contributed by atoms with Gasteiger partial charge >= 0.3 is 0 Å². The van der Waals surface area contributed by atoms with Gasteiger partial charge in [0.25, 0.3) is 0 Å². The van der Waals surface area contributed by atoms with Crippen LogP contribution in [0, 0.1) is 11.3 Å². The molecule has 0 spiro atoms. The van der Waals surface area contributed by atoms with E-state index in [-0.39, 0.29) is 6.04 Å². The Labute approximate surface area is 125 Å². The molecule has 3 rings (SSSR count). The maximum atomic E-state index is 9.58. The number of rotatable bonds is 4. The van der Waals surface area contributed by atoms with E-state index in [9.17, 15) is 5.26 Å². The van der Waals surface area contributed by atoms with Crippen molar-refractivity contribution in [1.29, 1.82) is 5.26 Å². The number of nitrogens with one attached hydrogen (secondary N) is 1. The molecule has 3 nitrogen and oxygen atoms in total. The van der Waals surface area contributed by atoms with Gasteiger partial charge in [-0.15, -0.1) is 0 Å². The van der Waals surface area contributed by atoms with Crippen LogP contribution in [0.25, 0.3) is 10.8 Å². The van der Waals surface area contributed by atoms with Crippen LogP contribution in [0.4, 0.5) is 0 Å². The van der Waals surface area contributed by atoms with E-state index in [1.165, 1.54) is 25.7 Å². The van der Waals surface area contributed by atoms with Crippen LogP contribution in [-0.2, 0) is 0 Å². The van der Waals surface area contributed by atoms with Crippen molar-refractivity contribution in [2.24, 2.45) is 0 Å². The van der Waals surface area contributed by atoms with Gasteiger partial charge in [0.05, 0.1) is 13.2 Å². The van der Waals surface area contributed by atoms with Crippen molar-refractivity contribution in [2.75, 3.05) is 7.11 Å². The number of benzene rings is 2. The molecule has 1 saturated carbocycles. The van der Waals surface area contributed by atoms with Gasteiger partial charge in [0.15, 0.2) is 0 Å². The summed E-state index contributed by atoms with van der Waals surface area (Å²) in [4.78, 5) is 0. The molecule has 3 heteroatoms. The Kier molecular flexibility index (Phi) is 4.08. The van der Waals surface area contributed by atoms with Crippen LogP contribution < -0.4 is 10.1 Å². The molecule has 0 bridgehead atoms. The SMILES string of the molecule is COc1ccc(C(C#N)NC2CCCC2)c2ccccc12. The van der Waals surface area contributed by atoms with Gasteiger partial charge in [0, 0.05) is 11.4 Å². The quantitative estimate of drug-likeness (QED) is 0.922. The normalized spacial score (nSPS) is 16.8. The minimum atomic E-state index is -0.260. The van der Waals surface area contributed by atoms with Crippen LogP contribution in [-0.4, -0.2) is 13.2 Å². The van der Waals surface area contributed by atoms with Crippen molar-refractivity contribution in [3.8, 4) is 11.8 Å². The van der Waals surface area contributed by atoms with E-state index in [0.29, 0.717) is 6.04 Å². The summed E-state index contributed by atoms with van der Waals surface area (Å²) in [6.45, 7) is 0. The monoisotopic (exact) mass is 280 g/mol. The molecule has 1 N–H and O–H groups in total. The first-order valence-electron chi connectivity index (χ1n) is 7.55. The zero-order valence-electron chi connectivity index (χ0n) is 12.3. The van der Waals surface area contributed by atoms with E-state index in [0.717, 1.165) is 22.1 Å². The van der Waals surface area contributed by atoms with Crippen LogP contribution in [0.1, 0.15) is 37.3 Å². The molecule has 0 aromatic heterocycles. The lowest BCUT2D eigenvalue weighted by atomic mass is 9.98. The fraction of sp³-hybridized carbons (Fsp3) is 0.389. The molecule has 2 aromatic rings. The summed E-state index contributed by atoms with van der Waals surface area (Å²) in [5.41, 5.74) is 1.04. The Bertz CT molecular complexity index is 668. The van der Waals surface area contributed by atoms with Gasteiger partial charge in [-0.2, -0.15) is 5.26 Å². The zero-order valence-corrected chi connectivity index (χ0v) is 12.3. The smallest absolute Gasteiger partial charge is 0.126 e. The fourth-order valence-corrected chi connectivity index (χ4v) is 3.25. The van der Waals surface area contributed by atoms with Crippen molar-refractivity contribution in [3.63, 3.8) is 0 Å². The third-order valence-electron chi connectivity index (χ3n) is 4.34. The van der Waals surface area contributed by atoms with Crippen molar-refractivity contribution in [2.45, 2.75) is 37.8 Å². The molecule has 1 aliphatic carbocycles. The minimum Gasteiger partial charge on any atom is -0.496 e. The molecule has 0 aliphatic heterocycles. The maximum Gasteiger partial charge on any atom is 0.126 e. The second-order valence-corrected chi connectivity index (χ2v) is 5.61. The van der Waals surface area contributed by atoms with Gasteiger partial charge in [0.1, 0.15) is 11.8 Å². The topological polar surface area (TPSA) is 45.0 Å². The highest BCUT2D eigenvalue weighted by Crippen LogP contribution is 2.32. The summed E-state index contributed by atoms with van der Waals surface area (Å²) in [6, 6.07) is 14.7. The first kappa shape index (κ1) is 13.9. The fourth-order valence-electron chi connectivity index (χ4n) is 3.25. The molecule has 0 amide bonds. The number of fused-ring (bicyclic) bond motifs is 1. The maximum absolute atomic E-state index is 9.58.